The van der Waals surface area contributed by atoms with Crippen LogP contribution in [0.1, 0.15) is 31.4 Å². The number of hydrogen-bond donors (Lipinski definition) is 0. The van der Waals surface area contributed by atoms with Gasteiger partial charge in [-0.1, -0.05) is 24.3 Å². The van der Waals surface area contributed by atoms with Crippen molar-refractivity contribution in [3.63, 3.8) is 0 Å². The molecule has 3 unspecified atom stereocenters. The van der Waals surface area contributed by atoms with Crippen molar-refractivity contribution in [3.8, 4) is 0 Å². The number of hydrogen-bond acceptors (Lipinski definition) is 4. The van der Waals surface area contributed by atoms with Crippen LogP contribution in [0.25, 0.3) is 10.9 Å². The smallest absolute Gasteiger partial charge is 0.361 e. The summed E-state index contributed by atoms with van der Waals surface area (Å²) in [5.74, 6) is 0.932. The molecule has 5 heteroatoms. The van der Waals surface area contributed by atoms with Gasteiger partial charge in [0, 0.05) is 37.5 Å². The summed E-state index contributed by atoms with van der Waals surface area (Å²) in [6, 6.07) is 10.5. The molecule has 3 aliphatic rings. The summed E-state index contributed by atoms with van der Waals surface area (Å²) in [6.45, 7) is 8.68. The quantitative estimate of drug-likeness (QED) is 0.405. The summed E-state index contributed by atoms with van der Waals surface area (Å²) >= 11 is 0. The van der Waals surface area contributed by atoms with E-state index in [4.69, 9.17) is 9.47 Å². The van der Waals surface area contributed by atoms with Crippen LogP contribution in [-0.2, 0) is 14.3 Å². The number of rotatable bonds is 7. The van der Waals surface area contributed by atoms with Crippen LogP contribution < -0.4 is 0 Å². The van der Waals surface area contributed by atoms with Crippen LogP contribution in [0.2, 0.25) is 0 Å². The first kappa shape index (κ1) is 20.0. The minimum absolute atomic E-state index is 0.0918. The molecule has 0 amide bonds. The van der Waals surface area contributed by atoms with E-state index in [-0.39, 0.29) is 18.1 Å². The number of methoxy groups -OCH3 is 1. The predicted octanol–water partition coefficient (Wildman–Crippen LogP) is 3.90. The lowest BCUT2D eigenvalue weighted by atomic mass is 9.71. The maximum absolute atomic E-state index is 12.6. The molecule has 29 heavy (non-hydrogen) atoms. The molecule has 3 fully saturated rings. The summed E-state index contributed by atoms with van der Waals surface area (Å²) in [4.78, 5) is 17.1. The van der Waals surface area contributed by atoms with Crippen molar-refractivity contribution in [1.29, 1.82) is 0 Å². The Morgan fingerprint density at radius 2 is 2.21 bits per heavy atom. The van der Waals surface area contributed by atoms with Gasteiger partial charge in [-0.15, -0.1) is 6.58 Å². The van der Waals surface area contributed by atoms with Crippen LogP contribution in [-0.4, -0.2) is 54.8 Å². The molecule has 154 valence electrons. The van der Waals surface area contributed by atoms with Gasteiger partial charge in [-0.05, 0) is 30.5 Å². The standard InChI is InChI=1S/C24H31N2O3/c1-4-17-15-26(16-23(27)29-5-2)13-11-18(17)14-22(26)24(28-3)20-10-12-25-21-9-7-6-8-19(20)21/h4,6-10,12,17-18,22,24H,1,5,11,13-16H2,2-3H3/q+1/t17?,18?,22-,24+,26?/m0/s1. The predicted molar refractivity (Wildman–Crippen MR) is 113 cm³/mol. The number of pyridine rings is 1. The zero-order valence-corrected chi connectivity index (χ0v) is 17.4. The molecule has 0 saturated carbocycles. The van der Waals surface area contributed by atoms with Crippen LogP contribution in [0.3, 0.4) is 0 Å². The Balaban J connectivity index is 1.75. The highest BCUT2D eigenvalue weighted by atomic mass is 16.5. The lowest BCUT2D eigenvalue weighted by Gasteiger charge is -2.57. The van der Waals surface area contributed by atoms with Crippen molar-refractivity contribution in [2.24, 2.45) is 11.8 Å². The molecule has 5 nitrogen and oxygen atoms in total. The fourth-order valence-electron chi connectivity index (χ4n) is 5.68. The van der Waals surface area contributed by atoms with Crippen molar-refractivity contribution in [2.75, 3.05) is 33.4 Å². The van der Waals surface area contributed by atoms with E-state index < -0.39 is 0 Å². The van der Waals surface area contributed by atoms with Crippen LogP contribution in [0.5, 0.6) is 0 Å². The van der Waals surface area contributed by atoms with E-state index in [0.717, 1.165) is 46.9 Å². The molecule has 2 aromatic rings. The molecule has 5 rings (SSSR count). The maximum Gasteiger partial charge on any atom is 0.361 e. The highest BCUT2D eigenvalue weighted by molar-refractivity contribution is 5.82. The normalized spacial score (nSPS) is 29.5. The van der Waals surface area contributed by atoms with E-state index in [1.165, 1.54) is 0 Å². The van der Waals surface area contributed by atoms with Gasteiger partial charge in [0.05, 0.1) is 25.2 Å². The minimum Gasteiger partial charge on any atom is -0.462 e. The lowest BCUT2D eigenvalue weighted by Crippen LogP contribution is -2.69. The first-order chi connectivity index (χ1) is 14.1. The molecule has 1 aromatic carbocycles. The molecule has 0 N–H and O–H groups in total. The fourth-order valence-corrected chi connectivity index (χ4v) is 5.68. The summed E-state index contributed by atoms with van der Waals surface area (Å²) in [5.41, 5.74) is 2.14. The van der Waals surface area contributed by atoms with Crippen LogP contribution >= 0.6 is 0 Å². The first-order valence-electron chi connectivity index (χ1n) is 10.6. The number of carbonyl (C=O) groups excluding carboxylic acids is 1. The Morgan fingerprint density at radius 1 is 1.38 bits per heavy atom. The van der Waals surface area contributed by atoms with Crippen LogP contribution in [0, 0.1) is 11.8 Å². The van der Waals surface area contributed by atoms with Crippen LogP contribution in [0.15, 0.2) is 49.2 Å². The number of fused-ring (bicyclic) bond motifs is 4. The van der Waals surface area contributed by atoms with Gasteiger partial charge in [0.15, 0.2) is 6.54 Å². The summed E-state index contributed by atoms with van der Waals surface area (Å²) in [7, 11) is 1.79. The van der Waals surface area contributed by atoms with Crippen molar-refractivity contribution >= 4 is 16.9 Å². The molecule has 3 aliphatic heterocycles. The number of ether oxygens (including phenoxy) is 2. The molecule has 0 radical (unpaired) electrons. The number of aromatic nitrogens is 1. The van der Waals surface area contributed by atoms with E-state index >= 15 is 0 Å². The van der Waals surface area contributed by atoms with E-state index in [9.17, 15) is 4.79 Å². The van der Waals surface area contributed by atoms with E-state index in [1.807, 2.05) is 31.3 Å². The second kappa shape index (κ2) is 8.25. The van der Waals surface area contributed by atoms with Gasteiger partial charge in [0.25, 0.3) is 0 Å². The van der Waals surface area contributed by atoms with Crippen molar-refractivity contribution < 1.29 is 18.8 Å². The summed E-state index contributed by atoms with van der Waals surface area (Å²) in [6.07, 6.45) is 6.01. The van der Waals surface area contributed by atoms with Crippen LogP contribution in [0.4, 0.5) is 0 Å². The molecule has 0 spiro atoms. The van der Waals surface area contributed by atoms with Gasteiger partial charge in [-0.2, -0.15) is 0 Å². The minimum atomic E-state index is -0.116. The Bertz CT molecular complexity index is 893. The third kappa shape index (κ3) is 3.58. The number of carbonyl (C=O) groups is 1. The van der Waals surface area contributed by atoms with E-state index in [2.05, 4.69) is 29.8 Å². The largest absolute Gasteiger partial charge is 0.462 e. The lowest BCUT2D eigenvalue weighted by molar-refractivity contribution is -0.967. The monoisotopic (exact) mass is 395 g/mol. The summed E-state index contributed by atoms with van der Waals surface area (Å²) < 4.78 is 12.2. The van der Waals surface area contributed by atoms with E-state index in [0.29, 0.717) is 25.0 Å². The second-order valence-corrected chi connectivity index (χ2v) is 8.41. The maximum atomic E-state index is 12.6. The Kier molecular flexibility index (Phi) is 5.70. The van der Waals surface area contributed by atoms with Gasteiger partial charge in [0.2, 0.25) is 0 Å². The van der Waals surface area contributed by atoms with Gasteiger partial charge < -0.3 is 14.0 Å². The molecule has 5 atom stereocenters. The average molecular weight is 396 g/mol. The zero-order valence-electron chi connectivity index (χ0n) is 17.4. The van der Waals surface area contributed by atoms with Crippen molar-refractivity contribution in [2.45, 2.75) is 31.9 Å². The van der Waals surface area contributed by atoms with Gasteiger partial charge in [-0.3, -0.25) is 4.98 Å². The number of esters is 1. The Hall–Kier alpha value is -2.24. The average Bonchev–Trinajstić information content (AvgIpc) is 2.75. The van der Waals surface area contributed by atoms with Gasteiger partial charge in [0.1, 0.15) is 12.1 Å². The number of piperidine rings is 3. The topological polar surface area (TPSA) is 48.4 Å². The molecular formula is C24H31N2O3+. The Morgan fingerprint density at radius 3 is 2.97 bits per heavy atom. The first-order valence-corrected chi connectivity index (χ1v) is 10.6. The highest BCUT2D eigenvalue weighted by Gasteiger charge is 2.55. The van der Waals surface area contributed by atoms with Gasteiger partial charge >= 0.3 is 5.97 Å². The molecule has 4 heterocycles. The second-order valence-electron chi connectivity index (χ2n) is 8.41. The molecular weight excluding hydrogens is 364 g/mol. The number of quaternary nitrogens is 1. The van der Waals surface area contributed by atoms with E-state index in [1.54, 1.807) is 7.11 Å². The SMILES string of the molecule is C=CC1C[N+]2(CC(=O)OCC)CCC1C[C@H]2[C@H](OC)c1ccnc2ccccc12. The molecule has 0 aliphatic carbocycles. The Labute approximate surface area is 172 Å². The highest BCUT2D eigenvalue weighted by Crippen LogP contribution is 2.47. The van der Waals surface area contributed by atoms with Crippen molar-refractivity contribution in [3.05, 3.63) is 54.7 Å². The number of para-hydroxylation sites is 1. The number of nitrogens with zero attached hydrogens (tertiary/aromatic N) is 2. The summed E-state index contributed by atoms with van der Waals surface area (Å²) in [5, 5.41) is 1.12. The third-order valence-corrected chi connectivity index (χ3v) is 7.02. The number of benzene rings is 1. The molecule has 2 bridgehead atoms. The fraction of sp³-hybridized carbons (Fsp3) is 0.500. The third-order valence-electron chi connectivity index (χ3n) is 7.02. The van der Waals surface area contributed by atoms with Crippen molar-refractivity contribution in [1.82, 2.24) is 4.98 Å². The van der Waals surface area contributed by atoms with Gasteiger partial charge in [-0.25, -0.2) is 4.79 Å². The molecule has 1 aromatic heterocycles. The molecule has 3 saturated heterocycles. The zero-order chi connectivity index (χ0) is 20.4.